The van der Waals surface area contributed by atoms with Gasteiger partial charge in [-0.1, -0.05) is 0 Å². The Morgan fingerprint density at radius 1 is 1.67 bits per heavy atom. The number of carboxylic acids is 1. The van der Waals surface area contributed by atoms with E-state index in [2.05, 4.69) is 22.8 Å². The molecule has 0 atom stereocenters. The molecule has 12 heavy (non-hydrogen) atoms. The van der Waals surface area contributed by atoms with Gasteiger partial charge in [0.15, 0.2) is 5.16 Å². The molecular weight excluding hydrogens is 200 g/mol. The Labute approximate surface area is 119 Å². The maximum atomic E-state index is 10.1. The van der Waals surface area contributed by atoms with E-state index in [9.17, 15) is 4.79 Å². The Hall–Kier alpha value is 0.960. The van der Waals surface area contributed by atoms with Gasteiger partial charge in [-0.2, -0.15) is 0 Å². The Kier molecular flexibility index (Phi) is 9.48. The van der Waals surface area contributed by atoms with E-state index < -0.39 is 5.97 Å². The SMILES string of the molecule is O=C(O)Cn1cnnc1S.[NaH].[NaH]. The quantitative estimate of drug-likeness (QED) is 0.450. The minimum atomic E-state index is -0.935. The molecule has 0 saturated heterocycles. The Morgan fingerprint density at radius 2 is 2.25 bits per heavy atom. The van der Waals surface area contributed by atoms with Gasteiger partial charge in [-0.3, -0.25) is 9.36 Å². The van der Waals surface area contributed by atoms with Crippen LogP contribution in [-0.2, 0) is 11.3 Å². The molecule has 0 aliphatic carbocycles. The van der Waals surface area contributed by atoms with Crippen LogP contribution in [0.5, 0.6) is 0 Å². The first kappa shape index (κ1) is 15.4. The normalized spacial score (nSPS) is 8.08. The summed E-state index contributed by atoms with van der Waals surface area (Å²) in [4.78, 5) is 10.1. The first-order chi connectivity index (χ1) is 4.70. The van der Waals surface area contributed by atoms with Crippen molar-refractivity contribution >= 4 is 77.7 Å². The van der Waals surface area contributed by atoms with Crippen molar-refractivity contribution in [3.05, 3.63) is 6.33 Å². The number of aromatic nitrogens is 3. The molecule has 1 N–H and O–H groups in total. The molecule has 0 saturated carbocycles. The monoisotopic (exact) mass is 207 g/mol. The van der Waals surface area contributed by atoms with Crippen LogP contribution in [0.25, 0.3) is 0 Å². The predicted molar refractivity (Wildman–Crippen MR) is 49.2 cm³/mol. The van der Waals surface area contributed by atoms with E-state index >= 15 is 0 Å². The third-order valence-corrected chi connectivity index (χ3v) is 1.25. The molecule has 0 aliphatic rings. The molecule has 0 unspecified atom stereocenters. The van der Waals surface area contributed by atoms with Crippen LogP contribution in [-0.4, -0.2) is 85.0 Å². The topological polar surface area (TPSA) is 68.0 Å². The third kappa shape index (κ3) is 4.86. The van der Waals surface area contributed by atoms with Crippen molar-refractivity contribution in [3.63, 3.8) is 0 Å². The van der Waals surface area contributed by atoms with Crippen molar-refractivity contribution in [1.29, 1.82) is 0 Å². The van der Waals surface area contributed by atoms with Gasteiger partial charge in [0.05, 0.1) is 0 Å². The van der Waals surface area contributed by atoms with Gasteiger partial charge >= 0.3 is 65.1 Å². The summed E-state index contributed by atoms with van der Waals surface area (Å²) >= 11 is 3.85. The third-order valence-electron chi connectivity index (χ3n) is 0.901. The average Bonchev–Trinajstić information content (AvgIpc) is 2.15. The van der Waals surface area contributed by atoms with Gasteiger partial charge in [0.1, 0.15) is 12.9 Å². The molecule has 0 aromatic carbocycles. The zero-order valence-corrected chi connectivity index (χ0v) is 5.82. The predicted octanol–water partition coefficient (Wildman–Crippen LogP) is -1.65. The number of hydrogen-bond acceptors (Lipinski definition) is 4. The van der Waals surface area contributed by atoms with E-state index in [1.807, 2.05) is 0 Å². The summed E-state index contributed by atoms with van der Waals surface area (Å²) in [5.74, 6) is -0.935. The summed E-state index contributed by atoms with van der Waals surface area (Å²) in [5, 5.41) is 15.5. The fourth-order valence-corrected chi connectivity index (χ4v) is 0.680. The second-order valence-electron chi connectivity index (χ2n) is 1.65. The number of aliphatic carboxylic acids is 1. The second kappa shape index (κ2) is 7.37. The molecule has 0 fully saturated rings. The van der Waals surface area contributed by atoms with Crippen molar-refractivity contribution in [2.24, 2.45) is 0 Å². The summed E-state index contributed by atoms with van der Waals surface area (Å²) in [6, 6.07) is 0. The fourth-order valence-electron chi connectivity index (χ4n) is 0.506. The summed E-state index contributed by atoms with van der Waals surface area (Å²) < 4.78 is 1.32. The first-order valence-electron chi connectivity index (χ1n) is 2.48. The summed E-state index contributed by atoms with van der Waals surface area (Å²) in [6.45, 7) is -0.147. The molecule has 8 heteroatoms. The number of nitrogens with zero attached hydrogens (tertiary/aromatic N) is 3. The number of hydrogen-bond donors (Lipinski definition) is 2. The molecule has 0 radical (unpaired) electrons. The second-order valence-corrected chi connectivity index (χ2v) is 2.05. The Balaban J connectivity index is 0. The molecular formula is C4H7N3Na2O2S. The van der Waals surface area contributed by atoms with Crippen LogP contribution in [0.4, 0.5) is 0 Å². The van der Waals surface area contributed by atoms with Crippen molar-refractivity contribution in [1.82, 2.24) is 14.8 Å². The zero-order valence-electron chi connectivity index (χ0n) is 4.93. The van der Waals surface area contributed by atoms with E-state index in [0.29, 0.717) is 5.16 Å². The van der Waals surface area contributed by atoms with Gasteiger partial charge < -0.3 is 5.11 Å². The number of carboxylic acid groups (broad SMARTS) is 1. The van der Waals surface area contributed by atoms with E-state index in [0.717, 1.165) is 0 Å². The van der Waals surface area contributed by atoms with Crippen LogP contribution in [0.3, 0.4) is 0 Å². The molecule has 5 nitrogen and oxygen atoms in total. The Morgan fingerprint density at radius 3 is 2.58 bits per heavy atom. The molecule has 58 valence electrons. The molecule has 0 spiro atoms. The van der Waals surface area contributed by atoms with Gasteiger partial charge in [-0.15, -0.1) is 22.8 Å². The number of thiol groups is 1. The zero-order chi connectivity index (χ0) is 7.56. The summed E-state index contributed by atoms with van der Waals surface area (Å²) in [7, 11) is 0. The van der Waals surface area contributed by atoms with Crippen LogP contribution < -0.4 is 0 Å². The molecule has 0 amide bonds. The molecule has 1 heterocycles. The maximum absolute atomic E-state index is 10.1. The molecule has 1 aromatic rings. The van der Waals surface area contributed by atoms with Crippen LogP contribution >= 0.6 is 12.6 Å². The van der Waals surface area contributed by atoms with Crippen LogP contribution in [0.15, 0.2) is 11.5 Å². The summed E-state index contributed by atoms with van der Waals surface area (Å²) in [5.41, 5.74) is 0. The van der Waals surface area contributed by atoms with Gasteiger partial charge in [0, 0.05) is 0 Å². The van der Waals surface area contributed by atoms with Crippen LogP contribution in [0.1, 0.15) is 0 Å². The number of carbonyl (C=O) groups is 1. The van der Waals surface area contributed by atoms with E-state index in [-0.39, 0.29) is 65.7 Å². The van der Waals surface area contributed by atoms with Crippen LogP contribution in [0.2, 0.25) is 0 Å². The number of rotatable bonds is 2. The summed E-state index contributed by atoms with van der Waals surface area (Å²) in [6.07, 6.45) is 1.32. The van der Waals surface area contributed by atoms with Gasteiger partial charge in [-0.25, -0.2) is 0 Å². The molecule has 0 aliphatic heterocycles. The van der Waals surface area contributed by atoms with Crippen molar-refractivity contribution in [2.45, 2.75) is 11.7 Å². The first-order valence-corrected chi connectivity index (χ1v) is 2.93. The van der Waals surface area contributed by atoms with Crippen molar-refractivity contribution in [2.75, 3.05) is 0 Å². The fraction of sp³-hybridized carbons (Fsp3) is 0.250. The van der Waals surface area contributed by atoms with E-state index in [1.165, 1.54) is 10.9 Å². The van der Waals surface area contributed by atoms with Crippen LogP contribution in [0, 0.1) is 0 Å². The minimum absolute atomic E-state index is 0. The van der Waals surface area contributed by atoms with E-state index in [4.69, 9.17) is 5.11 Å². The molecule has 1 aromatic heterocycles. The molecule has 1 rings (SSSR count). The van der Waals surface area contributed by atoms with Crippen molar-refractivity contribution in [3.8, 4) is 0 Å². The van der Waals surface area contributed by atoms with Crippen molar-refractivity contribution < 1.29 is 9.90 Å². The van der Waals surface area contributed by atoms with Gasteiger partial charge in [0.2, 0.25) is 0 Å². The average molecular weight is 207 g/mol. The van der Waals surface area contributed by atoms with Gasteiger partial charge in [-0.05, 0) is 0 Å². The van der Waals surface area contributed by atoms with E-state index in [1.54, 1.807) is 0 Å². The molecule has 0 bridgehead atoms. The van der Waals surface area contributed by atoms with Gasteiger partial charge in [0.25, 0.3) is 0 Å². The Bertz CT molecular complexity index is 254. The standard InChI is InChI=1S/C4H5N3O2S.2Na.2H/c8-3(9)1-7-2-5-6-4(7)10;;;;/h2H,1H2,(H,6,10)(H,8,9);;;;.